The summed E-state index contributed by atoms with van der Waals surface area (Å²) in [5.74, 6) is 0. The summed E-state index contributed by atoms with van der Waals surface area (Å²) in [7, 11) is 0. The van der Waals surface area contributed by atoms with Crippen molar-refractivity contribution < 1.29 is 4.42 Å². The molecule has 2 aromatic rings. The van der Waals surface area contributed by atoms with Crippen molar-refractivity contribution in [1.82, 2.24) is 25.2 Å². The molecule has 6 nitrogen and oxygen atoms in total. The SMILES string of the molecule is S=c1nn[nH]n1Cc1cocn1. The maximum atomic E-state index is 4.86. The topological polar surface area (TPSA) is 72.5 Å². The molecular weight excluding hydrogens is 178 g/mol. The second kappa shape index (κ2) is 2.86. The van der Waals surface area contributed by atoms with Gasteiger partial charge in [0.2, 0.25) is 4.77 Å². The van der Waals surface area contributed by atoms with E-state index in [4.69, 9.17) is 16.6 Å². The fraction of sp³-hybridized carbons (Fsp3) is 0.200. The van der Waals surface area contributed by atoms with Gasteiger partial charge in [0.15, 0.2) is 6.39 Å². The van der Waals surface area contributed by atoms with E-state index < -0.39 is 0 Å². The number of H-pyrrole nitrogens is 1. The summed E-state index contributed by atoms with van der Waals surface area (Å²) >= 11 is 4.86. The molecule has 0 atom stereocenters. The highest BCUT2D eigenvalue weighted by Crippen LogP contribution is 1.96. The molecule has 0 aliphatic carbocycles. The molecular formula is C5H5N5OS. The van der Waals surface area contributed by atoms with E-state index in [1.54, 1.807) is 10.9 Å². The Morgan fingerprint density at radius 1 is 1.67 bits per heavy atom. The summed E-state index contributed by atoms with van der Waals surface area (Å²) in [5, 5.41) is 9.75. The zero-order chi connectivity index (χ0) is 8.39. The lowest BCUT2D eigenvalue weighted by Crippen LogP contribution is -2.01. The zero-order valence-electron chi connectivity index (χ0n) is 5.97. The van der Waals surface area contributed by atoms with Gasteiger partial charge in [0.05, 0.1) is 6.54 Å². The van der Waals surface area contributed by atoms with Gasteiger partial charge >= 0.3 is 0 Å². The second-order valence-electron chi connectivity index (χ2n) is 2.15. The summed E-state index contributed by atoms with van der Waals surface area (Å²) in [4.78, 5) is 3.92. The minimum Gasteiger partial charge on any atom is -0.451 e. The number of hydrogen-bond acceptors (Lipinski definition) is 5. The first-order chi connectivity index (χ1) is 5.86. The zero-order valence-corrected chi connectivity index (χ0v) is 6.78. The fourth-order valence-corrected chi connectivity index (χ4v) is 0.943. The molecule has 0 amide bonds. The summed E-state index contributed by atoms with van der Waals surface area (Å²) in [5.41, 5.74) is 0.775. The highest BCUT2D eigenvalue weighted by Gasteiger charge is 1.99. The van der Waals surface area contributed by atoms with Crippen molar-refractivity contribution in [2.75, 3.05) is 0 Å². The summed E-state index contributed by atoms with van der Waals surface area (Å²) in [6, 6.07) is 0. The number of nitrogens with zero attached hydrogens (tertiary/aromatic N) is 4. The third-order valence-electron chi connectivity index (χ3n) is 1.34. The molecule has 0 unspecified atom stereocenters. The first kappa shape index (κ1) is 7.17. The Labute approximate surface area is 72.2 Å². The maximum Gasteiger partial charge on any atom is 0.238 e. The van der Waals surface area contributed by atoms with Crippen molar-refractivity contribution in [2.45, 2.75) is 6.54 Å². The van der Waals surface area contributed by atoms with Gasteiger partial charge in [-0.2, -0.15) is 5.21 Å². The summed E-state index contributed by atoms with van der Waals surface area (Å²) < 4.78 is 6.78. The van der Waals surface area contributed by atoms with Crippen LogP contribution in [-0.2, 0) is 6.54 Å². The molecule has 0 aliphatic heterocycles. The van der Waals surface area contributed by atoms with Gasteiger partial charge < -0.3 is 4.42 Å². The van der Waals surface area contributed by atoms with E-state index in [0.29, 0.717) is 11.3 Å². The molecule has 0 fully saturated rings. The van der Waals surface area contributed by atoms with Crippen molar-refractivity contribution in [3.05, 3.63) is 23.1 Å². The van der Waals surface area contributed by atoms with Gasteiger partial charge in [-0.1, -0.05) is 10.3 Å². The van der Waals surface area contributed by atoms with Crippen molar-refractivity contribution >= 4 is 12.2 Å². The van der Waals surface area contributed by atoms with Crippen molar-refractivity contribution in [1.29, 1.82) is 0 Å². The molecule has 2 aromatic heterocycles. The number of hydrogen-bond donors (Lipinski definition) is 1. The Hall–Kier alpha value is -1.50. The smallest absolute Gasteiger partial charge is 0.238 e. The van der Waals surface area contributed by atoms with Crippen LogP contribution in [-0.4, -0.2) is 25.2 Å². The van der Waals surface area contributed by atoms with Crippen molar-refractivity contribution in [2.24, 2.45) is 0 Å². The number of rotatable bonds is 2. The van der Waals surface area contributed by atoms with Gasteiger partial charge in [0.25, 0.3) is 0 Å². The average molecular weight is 183 g/mol. The molecule has 1 N–H and O–H groups in total. The maximum absolute atomic E-state index is 4.86. The van der Waals surface area contributed by atoms with Crippen molar-refractivity contribution in [3.63, 3.8) is 0 Å². The van der Waals surface area contributed by atoms with E-state index in [0.717, 1.165) is 5.69 Å². The van der Waals surface area contributed by atoms with Crippen LogP contribution >= 0.6 is 12.2 Å². The van der Waals surface area contributed by atoms with Gasteiger partial charge in [-0.25, -0.2) is 9.67 Å². The van der Waals surface area contributed by atoms with Crippen LogP contribution in [0.5, 0.6) is 0 Å². The Balaban J connectivity index is 2.25. The Kier molecular flexibility index (Phi) is 1.71. The molecule has 0 spiro atoms. The summed E-state index contributed by atoms with van der Waals surface area (Å²) in [6.45, 7) is 0.502. The Morgan fingerprint density at radius 2 is 2.58 bits per heavy atom. The van der Waals surface area contributed by atoms with Crippen LogP contribution in [0.3, 0.4) is 0 Å². The largest absolute Gasteiger partial charge is 0.451 e. The first-order valence-corrected chi connectivity index (χ1v) is 3.62. The molecule has 2 heterocycles. The van der Waals surface area contributed by atoms with Gasteiger partial charge in [-0.15, -0.1) is 0 Å². The minimum atomic E-state index is 0.401. The predicted molar refractivity (Wildman–Crippen MR) is 40.8 cm³/mol. The molecule has 7 heteroatoms. The Morgan fingerprint density at radius 3 is 3.17 bits per heavy atom. The van der Waals surface area contributed by atoms with E-state index in [1.807, 2.05) is 0 Å². The lowest BCUT2D eigenvalue weighted by atomic mass is 10.5. The van der Waals surface area contributed by atoms with E-state index in [-0.39, 0.29) is 0 Å². The molecule has 0 aliphatic rings. The van der Waals surface area contributed by atoms with E-state index in [9.17, 15) is 0 Å². The van der Waals surface area contributed by atoms with Crippen LogP contribution in [0.15, 0.2) is 17.1 Å². The van der Waals surface area contributed by atoms with E-state index in [2.05, 4.69) is 20.5 Å². The number of tetrazole rings is 1. The van der Waals surface area contributed by atoms with Crippen LogP contribution in [0.4, 0.5) is 0 Å². The lowest BCUT2D eigenvalue weighted by Gasteiger charge is -1.93. The number of aromatic amines is 1. The van der Waals surface area contributed by atoms with Crippen LogP contribution in [0, 0.1) is 4.77 Å². The van der Waals surface area contributed by atoms with Gasteiger partial charge in [0.1, 0.15) is 12.0 Å². The molecule has 0 saturated carbocycles. The molecule has 0 radical (unpaired) electrons. The number of aromatic nitrogens is 5. The molecule has 2 rings (SSSR count). The van der Waals surface area contributed by atoms with Gasteiger partial charge in [-0.3, -0.25) is 0 Å². The fourth-order valence-electron chi connectivity index (χ4n) is 0.796. The predicted octanol–water partition coefficient (Wildman–Crippen LogP) is 0.372. The molecule has 62 valence electrons. The lowest BCUT2D eigenvalue weighted by molar-refractivity contribution is 0.553. The molecule has 0 bridgehead atoms. The molecule has 0 aromatic carbocycles. The number of oxazole rings is 1. The highest BCUT2D eigenvalue weighted by atomic mass is 32.1. The monoisotopic (exact) mass is 183 g/mol. The van der Waals surface area contributed by atoms with Crippen LogP contribution in [0.1, 0.15) is 5.69 Å². The van der Waals surface area contributed by atoms with E-state index >= 15 is 0 Å². The van der Waals surface area contributed by atoms with Gasteiger partial charge in [-0.05, 0) is 12.2 Å². The quantitative estimate of drug-likeness (QED) is 0.681. The number of nitrogens with one attached hydrogen (secondary N) is 1. The second-order valence-corrected chi connectivity index (χ2v) is 2.51. The van der Waals surface area contributed by atoms with Gasteiger partial charge in [0, 0.05) is 0 Å². The highest BCUT2D eigenvalue weighted by molar-refractivity contribution is 7.71. The normalized spacial score (nSPS) is 10.3. The molecule has 12 heavy (non-hydrogen) atoms. The standard InChI is InChI=1S/C5H5N5OS/c12-5-7-8-9-10(5)1-4-2-11-3-6-4/h2-3H,1H2,(H,7,9,12). The summed E-state index contributed by atoms with van der Waals surface area (Å²) in [6.07, 6.45) is 2.91. The average Bonchev–Trinajstić information content (AvgIpc) is 2.65. The van der Waals surface area contributed by atoms with Crippen LogP contribution < -0.4 is 0 Å². The third kappa shape index (κ3) is 1.26. The van der Waals surface area contributed by atoms with Crippen LogP contribution in [0.2, 0.25) is 0 Å². The minimum absolute atomic E-state index is 0.401. The van der Waals surface area contributed by atoms with Crippen LogP contribution in [0.25, 0.3) is 0 Å². The van der Waals surface area contributed by atoms with Crippen molar-refractivity contribution in [3.8, 4) is 0 Å². The Bertz CT molecular complexity index is 401. The first-order valence-electron chi connectivity index (χ1n) is 3.21. The molecule has 0 saturated heterocycles. The third-order valence-corrected chi connectivity index (χ3v) is 1.64. The van der Waals surface area contributed by atoms with E-state index in [1.165, 1.54) is 6.39 Å².